The van der Waals surface area contributed by atoms with Gasteiger partial charge < -0.3 is 10.4 Å². The van der Waals surface area contributed by atoms with Gasteiger partial charge >= 0.3 is 5.97 Å². The van der Waals surface area contributed by atoms with E-state index in [4.69, 9.17) is 0 Å². The van der Waals surface area contributed by atoms with E-state index >= 15 is 0 Å². The lowest BCUT2D eigenvalue weighted by atomic mass is 9.70. The summed E-state index contributed by atoms with van der Waals surface area (Å²) in [7, 11) is 0. The Morgan fingerprint density at radius 1 is 1.53 bits per heavy atom. The highest BCUT2D eigenvalue weighted by Crippen LogP contribution is 2.39. The number of nitrogens with zero attached hydrogens (tertiary/aromatic N) is 1. The highest BCUT2D eigenvalue weighted by atomic mass is 16.4. The van der Waals surface area contributed by atoms with Crippen LogP contribution < -0.4 is 5.32 Å². The number of anilines is 1. The van der Waals surface area contributed by atoms with Crippen LogP contribution in [0.4, 0.5) is 5.69 Å². The maximum absolute atomic E-state index is 11.6. The van der Waals surface area contributed by atoms with Gasteiger partial charge in [-0.25, -0.2) is 0 Å². The van der Waals surface area contributed by atoms with Crippen LogP contribution in [0, 0.1) is 18.3 Å². The Bertz CT molecular complexity index is 451. The molecule has 1 aromatic heterocycles. The van der Waals surface area contributed by atoms with Gasteiger partial charge in [-0.1, -0.05) is 6.92 Å². The summed E-state index contributed by atoms with van der Waals surface area (Å²) < 4.78 is 0. The van der Waals surface area contributed by atoms with Crippen LogP contribution in [0.25, 0.3) is 0 Å². The average Bonchev–Trinajstić information content (AvgIpc) is 2.40. The molecule has 104 valence electrons. The second kappa shape index (κ2) is 5.59. The van der Waals surface area contributed by atoms with Gasteiger partial charge in [-0.3, -0.25) is 9.78 Å². The van der Waals surface area contributed by atoms with Crippen molar-refractivity contribution in [1.82, 2.24) is 4.98 Å². The fraction of sp³-hybridized carbons (Fsp3) is 0.600. The van der Waals surface area contributed by atoms with Crippen molar-refractivity contribution in [2.75, 3.05) is 11.9 Å². The largest absolute Gasteiger partial charge is 0.481 e. The lowest BCUT2D eigenvalue weighted by molar-refractivity contribution is -0.150. The van der Waals surface area contributed by atoms with Crippen LogP contribution in [-0.4, -0.2) is 22.6 Å². The van der Waals surface area contributed by atoms with Crippen molar-refractivity contribution in [2.24, 2.45) is 11.3 Å². The summed E-state index contributed by atoms with van der Waals surface area (Å²) in [5.74, 6) is -0.0197. The van der Waals surface area contributed by atoms with E-state index < -0.39 is 11.4 Å². The summed E-state index contributed by atoms with van der Waals surface area (Å²) >= 11 is 0. The standard InChI is InChI=1S/C15H22N2O2/c1-11-3-6-15(7-4-11,14(18)19)10-17-13-5-8-16-9-12(13)2/h5,8-9,11H,3-4,6-7,10H2,1-2H3,(H,16,17)(H,18,19). The number of aliphatic carboxylic acids is 1. The Morgan fingerprint density at radius 3 is 2.79 bits per heavy atom. The zero-order valence-electron chi connectivity index (χ0n) is 11.6. The molecule has 0 aliphatic heterocycles. The SMILES string of the molecule is Cc1cnccc1NCC1(C(=O)O)CCC(C)CC1. The highest BCUT2D eigenvalue weighted by Gasteiger charge is 2.41. The first-order valence-electron chi connectivity index (χ1n) is 6.91. The van der Waals surface area contributed by atoms with Crippen LogP contribution in [0.15, 0.2) is 18.5 Å². The fourth-order valence-electron chi connectivity index (χ4n) is 2.72. The maximum Gasteiger partial charge on any atom is 0.311 e. The molecule has 1 saturated carbocycles. The maximum atomic E-state index is 11.6. The molecule has 19 heavy (non-hydrogen) atoms. The summed E-state index contributed by atoms with van der Waals surface area (Å²) in [6.45, 7) is 4.68. The van der Waals surface area contributed by atoms with Crippen molar-refractivity contribution in [2.45, 2.75) is 39.5 Å². The molecular formula is C15H22N2O2. The van der Waals surface area contributed by atoms with Gasteiger partial charge in [0.25, 0.3) is 0 Å². The van der Waals surface area contributed by atoms with Gasteiger partial charge in [0.05, 0.1) is 5.41 Å². The molecule has 0 amide bonds. The molecule has 0 saturated heterocycles. The Morgan fingerprint density at radius 2 is 2.21 bits per heavy atom. The molecule has 1 aromatic rings. The number of carboxylic acid groups (broad SMARTS) is 1. The average molecular weight is 262 g/mol. The van der Waals surface area contributed by atoms with E-state index in [9.17, 15) is 9.90 Å². The fourth-order valence-corrected chi connectivity index (χ4v) is 2.72. The van der Waals surface area contributed by atoms with E-state index in [2.05, 4.69) is 17.2 Å². The molecule has 1 aliphatic carbocycles. The number of carboxylic acids is 1. The molecule has 1 aliphatic rings. The van der Waals surface area contributed by atoms with Gasteiger partial charge in [0.2, 0.25) is 0 Å². The van der Waals surface area contributed by atoms with Crippen molar-refractivity contribution < 1.29 is 9.90 Å². The number of aryl methyl sites for hydroxylation is 1. The third kappa shape index (κ3) is 3.06. The van der Waals surface area contributed by atoms with Gasteiger partial charge in [-0.15, -0.1) is 0 Å². The summed E-state index contributed by atoms with van der Waals surface area (Å²) in [6, 6.07) is 1.90. The number of nitrogens with one attached hydrogen (secondary N) is 1. The van der Waals surface area contributed by atoms with E-state index in [0.29, 0.717) is 12.5 Å². The summed E-state index contributed by atoms with van der Waals surface area (Å²) in [5, 5.41) is 12.9. The van der Waals surface area contributed by atoms with Crippen LogP contribution in [-0.2, 0) is 4.79 Å². The smallest absolute Gasteiger partial charge is 0.311 e. The van der Waals surface area contributed by atoms with Gasteiger partial charge in [-0.05, 0) is 50.2 Å². The number of rotatable bonds is 4. The lowest BCUT2D eigenvalue weighted by Gasteiger charge is -2.36. The topological polar surface area (TPSA) is 62.2 Å². The molecule has 0 radical (unpaired) electrons. The number of carbonyl (C=O) groups is 1. The highest BCUT2D eigenvalue weighted by molar-refractivity contribution is 5.75. The molecule has 0 aromatic carbocycles. The molecule has 1 heterocycles. The molecule has 0 spiro atoms. The van der Waals surface area contributed by atoms with Crippen LogP contribution >= 0.6 is 0 Å². The third-order valence-corrected chi connectivity index (χ3v) is 4.32. The molecule has 0 bridgehead atoms. The summed E-state index contributed by atoms with van der Waals surface area (Å²) in [4.78, 5) is 15.7. The summed E-state index contributed by atoms with van der Waals surface area (Å²) in [6.07, 6.45) is 7.05. The van der Waals surface area contributed by atoms with E-state index in [1.54, 1.807) is 12.4 Å². The minimum Gasteiger partial charge on any atom is -0.481 e. The minimum absolute atomic E-state index is 0.500. The number of aromatic nitrogens is 1. The second-order valence-electron chi connectivity index (χ2n) is 5.81. The molecular weight excluding hydrogens is 240 g/mol. The lowest BCUT2D eigenvalue weighted by Crippen LogP contribution is -2.41. The Balaban J connectivity index is 2.06. The molecule has 2 rings (SSSR count). The molecule has 4 heteroatoms. The minimum atomic E-state index is -0.668. The third-order valence-electron chi connectivity index (χ3n) is 4.32. The van der Waals surface area contributed by atoms with Gasteiger partial charge in [0.15, 0.2) is 0 Å². The number of pyridine rings is 1. The van der Waals surface area contributed by atoms with Gasteiger partial charge in [0, 0.05) is 24.6 Å². The predicted octanol–water partition coefficient (Wildman–Crippen LogP) is 3.08. The quantitative estimate of drug-likeness (QED) is 0.875. The second-order valence-corrected chi connectivity index (χ2v) is 5.81. The Labute approximate surface area is 114 Å². The van der Waals surface area contributed by atoms with Crippen molar-refractivity contribution in [3.63, 3.8) is 0 Å². The van der Waals surface area contributed by atoms with E-state index in [0.717, 1.165) is 36.9 Å². The van der Waals surface area contributed by atoms with E-state index in [1.165, 1.54) is 0 Å². The Kier molecular flexibility index (Phi) is 4.08. The first kappa shape index (κ1) is 13.8. The summed E-state index contributed by atoms with van der Waals surface area (Å²) in [5.41, 5.74) is 1.42. The first-order chi connectivity index (χ1) is 9.03. The first-order valence-corrected chi connectivity index (χ1v) is 6.91. The van der Waals surface area contributed by atoms with Crippen molar-refractivity contribution >= 4 is 11.7 Å². The van der Waals surface area contributed by atoms with Crippen LogP contribution in [0.1, 0.15) is 38.2 Å². The Hall–Kier alpha value is -1.58. The zero-order chi connectivity index (χ0) is 13.9. The van der Waals surface area contributed by atoms with Crippen LogP contribution in [0.2, 0.25) is 0 Å². The van der Waals surface area contributed by atoms with Crippen molar-refractivity contribution in [3.05, 3.63) is 24.0 Å². The number of hydrogen-bond acceptors (Lipinski definition) is 3. The monoisotopic (exact) mass is 262 g/mol. The molecule has 0 unspecified atom stereocenters. The predicted molar refractivity (Wildman–Crippen MR) is 75.2 cm³/mol. The molecule has 0 atom stereocenters. The number of hydrogen-bond donors (Lipinski definition) is 2. The van der Waals surface area contributed by atoms with Gasteiger partial charge in [0.1, 0.15) is 0 Å². The van der Waals surface area contributed by atoms with Crippen molar-refractivity contribution in [3.8, 4) is 0 Å². The van der Waals surface area contributed by atoms with Crippen molar-refractivity contribution in [1.29, 1.82) is 0 Å². The zero-order valence-corrected chi connectivity index (χ0v) is 11.6. The normalized spacial score (nSPS) is 26.9. The molecule has 4 nitrogen and oxygen atoms in total. The van der Waals surface area contributed by atoms with Crippen LogP contribution in [0.5, 0.6) is 0 Å². The van der Waals surface area contributed by atoms with Gasteiger partial charge in [-0.2, -0.15) is 0 Å². The van der Waals surface area contributed by atoms with Crippen LogP contribution in [0.3, 0.4) is 0 Å². The molecule has 1 fully saturated rings. The van der Waals surface area contributed by atoms with E-state index in [-0.39, 0.29) is 0 Å². The van der Waals surface area contributed by atoms with E-state index in [1.807, 2.05) is 13.0 Å². The molecule has 2 N–H and O–H groups in total.